The number of carbonyl (C=O) groups excluding carboxylic acids is 2. The van der Waals surface area contributed by atoms with Crippen molar-refractivity contribution in [1.29, 1.82) is 0 Å². The van der Waals surface area contributed by atoms with Gasteiger partial charge in [0.25, 0.3) is 0 Å². The smallest absolute Gasteiger partial charge is 0.435 e. The molecule has 16 heavy (non-hydrogen) atoms. The number of rotatable bonds is 2. The van der Waals surface area contributed by atoms with Crippen LogP contribution >= 0.6 is 0 Å². The number of hydrogen-bond donors (Lipinski definition) is 0. The standard InChI is InChI=1S/C11H17NO4/c1-3-15-11(14)16-10-5-7-4-8(13)6-9(10)12(7)2/h7,9-10H,3-6H2,1-2H3. The van der Waals surface area contributed by atoms with E-state index in [2.05, 4.69) is 4.90 Å². The fourth-order valence-corrected chi connectivity index (χ4v) is 2.61. The number of fused-ring (bicyclic) bond motifs is 2. The Hall–Kier alpha value is -1.10. The topological polar surface area (TPSA) is 55.8 Å². The fourth-order valence-electron chi connectivity index (χ4n) is 2.61. The third kappa shape index (κ3) is 2.04. The van der Waals surface area contributed by atoms with E-state index in [4.69, 9.17) is 9.47 Å². The van der Waals surface area contributed by atoms with Gasteiger partial charge in [0, 0.05) is 25.3 Å². The van der Waals surface area contributed by atoms with Crippen molar-refractivity contribution in [3.05, 3.63) is 0 Å². The Morgan fingerprint density at radius 1 is 1.50 bits per heavy atom. The quantitative estimate of drug-likeness (QED) is 0.658. The first kappa shape index (κ1) is 11.4. The summed E-state index contributed by atoms with van der Waals surface area (Å²) in [5.41, 5.74) is 0. The minimum absolute atomic E-state index is 0.0376. The van der Waals surface area contributed by atoms with E-state index >= 15 is 0 Å². The molecule has 2 bridgehead atoms. The van der Waals surface area contributed by atoms with Gasteiger partial charge in [-0.15, -0.1) is 0 Å². The highest BCUT2D eigenvalue weighted by Gasteiger charge is 2.46. The van der Waals surface area contributed by atoms with E-state index in [0.717, 1.165) is 6.42 Å². The summed E-state index contributed by atoms with van der Waals surface area (Å²) < 4.78 is 9.98. The molecule has 2 aliphatic heterocycles. The van der Waals surface area contributed by atoms with Gasteiger partial charge in [-0.3, -0.25) is 9.69 Å². The second kappa shape index (κ2) is 4.41. The molecular weight excluding hydrogens is 210 g/mol. The molecule has 2 aliphatic rings. The van der Waals surface area contributed by atoms with E-state index in [-0.39, 0.29) is 24.0 Å². The monoisotopic (exact) mass is 227 g/mol. The third-order valence-corrected chi connectivity index (χ3v) is 3.44. The lowest BCUT2D eigenvalue weighted by Crippen LogP contribution is -2.43. The van der Waals surface area contributed by atoms with E-state index in [1.165, 1.54) is 0 Å². The minimum Gasteiger partial charge on any atom is -0.435 e. The number of ether oxygens (including phenoxy) is 2. The van der Waals surface area contributed by atoms with Crippen molar-refractivity contribution in [1.82, 2.24) is 4.90 Å². The fraction of sp³-hybridized carbons (Fsp3) is 0.818. The van der Waals surface area contributed by atoms with Crippen LogP contribution in [0, 0.1) is 0 Å². The lowest BCUT2D eigenvalue weighted by Gasteiger charge is -2.30. The van der Waals surface area contributed by atoms with Crippen LogP contribution in [0.15, 0.2) is 0 Å². The van der Waals surface area contributed by atoms with Gasteiger partial charge in [0.15, 0.2) is 0 Å². The molecule has 0 saturated carbocycles. The van der Waals surface area contributed by atoms with Crippen molar-refractivity contribution in [2.75, 3.05) is 13.7 Å². The summed E-state index contributed by atoms with van der Waals surface area (Å²) in [5.74, 6) is 0.267. The van der Waals surface area contributed by atoms with Gasteiger partial charge < -0.3 is 9.47 Å². The van der Waals surface area contributed by atoms with Crippen LogP contribution in [0.5, 0.6) is 0 Å². The van der Waals surface area contributed by atoms with Gasteiger partial charge in [-0.25, -0.2) is 4.79 Å². The highest BCUT2D eigenvalue weighted by molar-refractivity contribution is 5.81. The number of piperidine rings is 1. The second-order valence-electron chi connectivity index (χ2n) is 4.41. The molecule has 0 spiro atoms. The number of nitrogens with zero attached hydrogens (tertiary/aromatic N) is 1. The van der Waals surface area contributed by atoms with Crippen molar-refractivity contribution in [3.8, 4) is 0 Å². The molecule has 0 aromatic carbocycles. The van der Waals surface area contributed by atoms with Crippen molar-refractivity contribution in [2.24, 2.45) is 0 Å². The zero-order valence-corrected chi connectivity index (χ0v) is 9.64. The molecule has 3 unspecified atom stereocenters. The Morgan fingerprint density at radius 3 is 2.94 bits per heavy atom. The molecule has 5 heteroatoms. The summed E-state index contributed by atoms with van der Waals surface area (Å²) in [6, 6.07) is 0.265. The van der Waals surface area contributed by atoms with E-state index in [1.54, 1.807) is 6.92 Å². The molecule has 5 nitrogen and oxygen atoms in total. The van der Waals surface area contributed by atoms with Crippen LogP contribution in [0.2, 0.25) is 0 Å². The van der Waals surface area contributed by atoms with Crippen LogP contribution in [0.25, 0.3) is 0 Å². The molecule has 0 amide bonds. The summed E-state index contributed by atoms with van der Waals surface area (Å²) in [6.07, 6.45) is 0.986. The SMILES string of the molecule is CCOC(=O)OC1CC2CC(=O)CC1N2C. The van der Waals surface area contributed by atoms with Crippen molar-refractivity contribution in [3.63, 3.8) is 0 Å². The minimum atomic E-state index is -0.624. The molecular formula is C11H17NO4. The Labute approximate surface area is 94.7 Å². The lowest BCUT2D eigenvalue weighted by molar-refractivity contribution is -0.123. The number of likely N-dealkylation sites (N-methyl/N-ethyl adjacent to an activating group) is 1. The summed E-state index contributed by atoms with van der Waals surface area (Å²) >= 11 is 0. The van der Waals surface area contributed by atoms with Gasteiger partial charge in [0.2, 0.25) is 0 Å². The van der Waals surface area contributed by atoms with Crippen molar-refractivity contribution >= 4 is 11.9 Å². The normalized spacial score (nSPS) is 33.9. The largest absolute Gasteiger partial charge is 0.508 e. The van der Waals surface area contributed by atoms with Crippen LogP contribution in [0.1, 0.15) is 26.2 Å². The van der Waals surface area contributed by atoms with Gasteiger partial charge in [0.05, 0.1) is 12.6 Å². The first-order valence-corrected chi connectivity index (χ1v) is 5.69. The molecule has 0 aromatic heterocycles. The Balaban J connectivity index is 1.97. The summed E-state index contributed by atoms with van der Waals surface area (Å²) in [5, 5.41) is 0. The van der Waals surface area contributed by atoms with Gasteiger partial charge in [-0.05, 0) is 14.0 Å². The average Bonchev–Trinajstić information content (AvgIpc) is 2.41. The third-order valence-electron chi connectivity index (χ3n) is 3.44. The van der Waals surface area contributed by atoms with E-state index < -0.39 is 6.16 Å². The number of Topliss-reactive ketones (excluding diaryl/α,β-unsaturated/α-hetero) is 1. The van der Waals surface area contributed by atoms with Crippen molar-refractivity contribution < 1.29 is 19.1 Å². The van der Waals surface area contributed by atoms with Crippen LogP contribution in [-0.2, 0) is 14.3 Å². The van der Waals surface area contributed by atoms with Gasteiger partial charge >= 0.3 is 6.16 Å². The molecule has 90 valence electrons. The molecule has 2 heterocycles. The molecule has 0 aliphatic carbocycles. The maximum atomic E-state index is 11.4. The summed E-state index contributed by atoms with van der Waals surface area (Å²) in [7, 11) is 1.98. The first-order chi connectivity index (χ1) is 7.61. The number of carbonyl (C=O) groups is 2. The zero-order valence-electron chi connectivity index (χ0n) is 9.64. The van der Waals surface area contributed by atoms with Gasteiger partial charge in [0.1, 0.15) is 11.9 Å². The lowest BCUT2D eigenvalue weighted by atomic mass is 10.0. The zero-order chi connectivity index (χ0) is 11.7. The van der Waals surface area contributed by atoms with Crippen LogP contribution in [0.4, 0.5) is 4.79 Å². The Morgan fingerprint density at radius 2 is 2.25 bits per heavy atom. The highest BCUT2D eigenvalue weighted by Crippen LogP contribution is 2.34. The number of ketones is 1. The van der Waals surface area contributed by atoms with E-state index in [9.17, 15) is 9.59 Å². The second-order valence-corrected chi connectivity index (χ2v) is 4.41. The van der Waals surface area contributed by atoms with E-state index in [1.807, 2.05) is 7.05 Å². The Kier molecular flexibility index (Phi) is 3.14. The molecule has 2 fully saturated rings. The molecule has 0 N–H and O–H groups in total. The van der Waals surface area contributed by atoms with Crippen LogP contribution in [0.3, 0.4) is 0 Å². The average molecular weight is 227 g/mol. The number of hydrogen-bond acceptors (Lipinski definition) is 5. The maximum absolute atomic E-state index is 11.4. The summed E-state index contributed by atoms with van der Waals surface area (Å²) in [6.45, 7) is 2.05. The van der Waals surface area contributed by atoms with Crippen LogP contribution < -0.4 is 0 Å². The predicted octanol–water partition coefficient (Wildman–Crippen LogP) is 0.964. The van der Waals surface area contributed by atoms with E-state index in [0.29, 0.717) is 19.4 Å². The molecule has 2 saturated heterocycles. The van der Waals surface area contributed by atoms with Crippen molar-refractivity contribution in [2.45, 2.75) is 44.4 Å². The predicted molar refractivity (Wildman–Crippen MR) is 56.1 cm³/mol. The van der Waals surface area contributed by atoms with Gasteiger partial charge in [-0.2, -0.15) is 0 Å². The molecule has 0 radical (unpaired) electrons. The maximum Gasteiger partial charge on any atom is 0.508 e. The van der Waals surface area contributed by atoms with Gasteiger partial charge in [-0.1, -0.05) is 0 Å². The Bertz CT molecular complexity index is 304. The highest BCUT2D eigenvalue weighted by atomic mass is 16.7. The molecule has 2 rings (SSSR count). The molecule has 3 atom stereocenters. The molecule has 0 aromatic rings. The summed E-state index contributed by atoms with van der Waals surface area (Å²) in [4.78, 5) is 24.8. The first-order valence-electron chi connectivity index (χ1n) is 5.69. The van der Waals surface area contributed by atoms with Crippen LogP contribution in [-0.4, -0.2) is 48.7 Å².